The first-order valence-corrected chi connectivity index (χ1v) is 7.58. The van der Waals surface area contributed by atoms with Crippen LogP contribution >= 0.6 is 11.3 Å². The van der Waals surface area contributed by atoms with Crippen molar-refractivity contribution in [1.82, 2.24) is 9.97 Å². The molecule has 4 aromatic rings. The summed E-state index contributed by atoms with van der Waals surface area (Å²) in [5.74, 6) is 0. The van der Waals surface area contributed by atoms with Gasteiger partial charge in [0.2, 0.25) is 0 Å². The maximum Gasteiger partial charge on any atom is 0.117 e. The van der Waals surface area contributed by atoms with Crippen molar-refractivity contribution in [3.63, 3.8) is 0 Å². The molecule has 0 unspecified atom stereocenters. The van der Waals surface area contributed by atoms with Gasteiger partial charge in [0.05, 0.1) is 10.2 Å². The van der Waals surface area contributed by atoms with E-state index >= 15 is 0 Å². The van der Waals surface area contributed by atoms with Crippen molar-refractivity contribution in [1.29, 1.82) is 0 Å². The third kappa shape index (κ3) is 2.32. The average molecular weight is 288 g/mol. The topological polar surface area (TPSA) is 25.8 Å². The van der Waals surface area contributed by atoms with Crippen LogP contribution in [-0.2, 0) is 0 Å². The predicted molar refractivity (Wildman–Crippen MR) is 90.3 cm³/mol. The normalized spacial score (nSPS) is 11.6. The highest BCUT2D eigenvalue weighted by atomic mass is 32.1. The molecule has 2 aromatic carbocycles. The van der Waals surface area contributed by atoms with E-state index in [1.165, 1.54) is 15.5 Å². The summed E-state index contributed by atoms with van der Waals surface area (Å²) in [5.41, 5.74) is 2.17. The molecule has 2 nitrogen and oxygen atoms in total. The molecular formula is C18H12N2S. The van der Waals surface area contributed by atoms with E-state index in [1.54, 1.807) is 17.5 Å². The van der Waals surface area contributed by atoms with Crippen LogP contribution in [0, 0.1) is 0 Å². The van der Waals surface area contributed by atoms with Gasteiger partial charge in [-0.25, -0.2) is 4.98 Å². The Bertz CT molecular complexity index is 939. The third-order valence-corrected chi connectivity index (χ3v) is 4.39. The van der Waals surface area contributed by atoms with Crippen LogP contribution in [0.1, 0.15) is 10.6 Å². The lowest BCUT2D eigenvalue weighted by Gasteiger charge is -1.96. The average Bonchev–Trinajstić information content (AvgIpc) is 2.97. The largest absolute Gasteiger partial charge is 0.264 e. The summed E-state index contributed by atoms with van der Waals surface area (Å²) in [6.07, 6.45) is 7.73. The highest BCUT2D eigenvalue weighted by Gasteiger charge is 2.05. The SMILES string of the molecule is C(=Cc1nc2c(ccc3ccccc32)s1)c1cccnc1. The van der Waals surface area contributed by atoms with Crippen molar-refractivity contribution in [2.75, 3.05) is 0 Å². The van der Waals surface area contributed by atoms with Gasteiger partial charge in [0.1, 0.15) is 5.01 Å². The summed E-state index contributed by atoms with van der Waals surface area (Å²) in [6, 6.07) is 16.7. The first-order valence-electron chi connectivity index (χ1n) is 6.76. The Morgan fingerprint density at radius 1 is 0.905 bits per heavy atom. The maximum atomic E-state index is 4.77. The van der Waals surface area contributed by atoms with Crippen molar-refractivity contribution < 1.29 is 0 Å². The molecule has 0 aliphatic carbocycles. The van der Waals surface area contributed by atoms with Gasteiger partial charge in [0, 0.05) is 17.8 Å². The summed E-state index contributed by atoms with van der Waals surface area (Å²) >= 11 is 1.71. The zero-order valence-electron chi connectivity index (χ0n) is 11.2. The number of benzene rings is 2. The van der Waals surface area contributed by atoms with E-state index in [9.17, 15) is 0 Å². The third-order valence-electron chi connectivity index (χ3n) is 3.40. The zero-order chi connectivity index (χ0) is 14.1. The van der Waals surface area contributed by atoms with Gasteiger partial charge in [-0.3, -0.25) is 4.98 Å². The van der Waals surface area contributed by atoms with Crippen molar-refractivity contribution in [3.05, 3.63) is 71.5 Å². The Hall–Kier alpha value is -2.52. The second kappa shape index (κ2) is 5.11. The van der Waals surface area contributed by atoms with Gasteiger partial charge in [-0.05, 0) is 29.2 Å². The van der Waals surface area contributed by atoms with Gasteiger partial charge in [-0.1, -0.05) is 42.5 Å². The molecule has 0 radical (unpaired) electrons. The number of hydrogen-bond donors (Lipinski definition) is 0. The first-order chi connectivity index (χ1) is 10.4. The number of pyridine rings is 1. The molecule has 0 atom stereocenters. The molecule has 0 saturated carbocycles. The molecule has 0 N–H and O–H groups in total. The Morgan fingerprint density at radius 3 is 2.76 bits per heavy atom. The van der Waals surface area contributed by atoms with E-state index in [1.807, 2.05) is 24.4 Å². The fraction of sp³-hybridized carbons (Fsp3) is 0. The smallest absolute Gasteiger partial charge is 0.117 e. The molecule has 21 heavy (non-hydrogen) atoms. The summed E-state index contributed by atoms with van der Waals surface area (Å²) in [7, 11) is 0. The van der Waals surface area contributed by atoms with Gasteiger partial charge in [-0.2, -0.15) is 0 Å². The van der Waals surface area contributed by atoms with Gasteiger partial charge in [-0.15, -0.1) is 11.3 Å². The molecule has 3 heteroatoms. The predicted octanol–water partition coefficient (Wildman–Crippen LogP) is 5.01. The molecule has 0 amide bonds. The molecule has 2 aromatic heterocycles. The highest BCUT2D eigenvalue weighted by molar-refractivity contribution is 7.19. The summed E-state index contributed by atoms with van der Waals surface area (Å²) in [4.78, 5) is 8.88. The minimum atomic E-state index is 1.02. The van der Waals surface area contributed by atoms with Crippen molar-refractivity contribution >= 4 is 44.5 Å². The molecule has 0 bridgehead atoms. The van der Waals surface area contributed by atoms with Crippen LogP contribution < -0.4 is 0 Å². The van der Waals surface area contributed by atoms with Crippen molar-refractivity contribution in [3.8, 4) is 0 Å². The van der Waals surface area contributed by atoms with Gasteiger partial charge >= 0.3 is 0 Å². The first kappa shape index (κ1) is 12.2. The number of nitrogens with zero attached hydrogens (tertiary/aromatic N) is 2. The second-order valence-corrected chi connectivity index (χ2v) is 5.87. The Morgan fingerprint density at radius 2 is 1.86 bits per heavy atom. The molecule has 100 valence electrons. The van der Waals surface area contributed by atoms with E-state index in [0.29, 0.717) is 0 Å². The Kier molecular flexibility index (Phi) is 2.98. The number of rotatable bonds is 2. The van der Waals surface area contributed by atoms with Crippen LogP contribution in [-0.4, -0.2) is 9.97 Å². The van der Waals surface area contributed by atoms with E-state index in [2.05, 4.69) is 47.5 Å². The quantitative estimate of drug-likeness (QED) is 0.518. The van der Waals surface area contributed by atoms with Gasteiger partial charge in [0.25, 0.3) is 0 Å². The minimum absolute atomic E-state index is 1.02. The molecule has 0 aliphatic rings. The molecule has 0 aliphatic heterocycles. The minimum Gasteiger partial charge on any atom is -0.264 e. The monoisotopic (exact) mass is 288 g/mol. The lowest BCUT2D eigenvalue weighted by molar-refractivity contribution is 1.32. The van der Waals surface area contributed by atoms with Crippen LogP contribution in [0.4, 0.5) is 0 Å². The van der Waals surface area contributed by atoms with Crippen molar-refractivity contribution in [2.24, 2.45) is 0 Å². The fourth-order valence-electron chi connectivity index (χ4n) is 2.39. The van der Waals surface area contributed by atoms with E-state index in [0.717, 1.165) is 16.1 Å². The van der Waals surface area contributed by atoms with Crippen LogP contribution in [0.5, 0.6) is 0 Å². The molecule has 0 fully saturated rings. The number of fused-ring (bicyclic) bond motifs is 3. The number of aromatic nitrogens is 2. The lowest BCUT2D eigenvalue weighted by Crippen LogP contribution is -1.75. The second-order valence-electron chi connectivity index (χ2n) is 4.81. The van der Waals surface area contributed by atoms with Crippen LogP contribution in [0.3, 0.4) is 0 Å². The van der Waals surface area contributed by atoms with Gasteiger partial charge < -0.3 is 0 Å². The number of thiazole rings is 1. The van der Waals surface area contributed by atoms with Gasteiger partial charge in [0.15, 0.2) is 0 Å². The number of hydrogen-bond acceptors (Lipinski definition) is 3. The van der Waals surface area contributed by atoms with E-state index < -0.39 is 0 Å². The molecule has 4 rings (SSSR count). The Labute approximate surface area is 126 Å². The standard InChI is InChI=1S/C18H12N2S/c1-2-6-15-14(5-1)8-9-16-18(15)20-17(21-16)10-7-13-4-3-11-19-12-13/h1-12H. The highest BCUT2D eigenvalue weighted by Crippen LogP contribution is 2.29. The zero-order valence-corrected chi connectivity index (χ0v) is 12.0. The molecular weight excluding hydrogens is 276 g/mol. The Balaban J connectivity index is 1.80. The summed E-state index contributed by atoms with van der Waals surface area (Å²) < 4.78 is 1.22. The molecule has 2 heterocycles. The summed E-state index contributed by atoms with van der Waals surface area (Å²) in [5, 5.41) is 3.47. The van der Waals surface area contributed by atoms with Crippen LogP contribution in [0.15, 0.2) is 60.9 Å². The maximum absolute atomic E-state index is 4.77. The molecule has 0 saturated heterocycles. The van der Waals surface area contributed by atoms with E-state index in [4.69, 9.17) is 4.98 Å². The lowest BCUT2D eigenvalue weighted by atomic mass is 10.1. The summed E-state index contributed by atoms with van der Waals surface area (Å²) in [6.45, 7) is 0. The van der Waals surface area contributed by atoms with Crippen LogP contribution in [0.25, 0.3) is 33.1 Å². The fourth-order valence-corrected chi connectivity index (χ4v) is 3.28. The van der Waals surface area contributed by atoms with Crippen molar-refractivity contribution in [2.45, 2.75) is 0 Å². The van der Waals surface area contributed by atoms with E-state index in [-0.39, 0.29) is 0 Å². The molecule has 0 spiro atoms. The van der Waals surface area contributed by atoms with Crippen LogP contribution in [0.2, 0.25) is 0 Å².